The Kier molecular flexibility index (Phi) is 5.71. The predicted octanol–water partition coefficient (Wildman–Crippen LogP) is 3.72. The molecule has 90 valence electrons. The monoisotopic (exact) mass is 233 g/mol. The molecule has 0 atom stereocenters. The van der Waals surface area contributed by atoms with E-state index in [4.69, 9.17) is 0 Å². The summed E-state index contributed by atoms with van der Waals surface area (Å²) in [5.41, 5.74) is -0.814. The summed E-state index contributed by atoms with van der Waals surface area (Å²) in [6, 6.07) is 1.90. The molecular weight excluding hydrogens is 219 g/mol. The molecule has 0 fully saturated rings. The Bertz CT molecular complexity index is 330. The maximum absolute atomic E-state index is 12.0. The summed E-state index contributed by atoms with van der Waals surface area (Å²) < 4.78 is 35.9. The van der Waals surface area contributed by atoms with E-state index >= 15 is 0 Å². The van der Waals surface area contributed by atoms with Gasteiger partial charge in [-0.15, -0.1) is 0 Å². The van der Waals surface area contributed by atoms with E-state index in [1.807, 2.05) is 0 Å². The third-order valence-electron chi connectivity index (χ3n) is 1.46. The van der Waals surface area contributed by atoms with Gasteiger partial charge in [-0.2, -0.15) is 13.2 Å². The van der Waals surface area contributed by atoms with Crippen LogP contribution in [0.2, 0.25) is 0 Å². The van der Waals surface area contributed by atoms with Crippen molar-refractivity contribution in [3.05, 3.63) is 29.6 Å². The van der Waals surface area contributed by atoms with Crippen LogP contribution in [0.25, 0.3) is 0 Å². The lowest BCUT2D eigenvalue weighted by Crippen LogP contribution is -2.08. The second kappa shape index (κ2) is 6.25. The molecule has 1 heterocycles. The summed E-state index contributed by atoms with van der Waals surface area (Å²) in [6.45, 7) is 5.52. The number of pyridine rings is 1. The van der Waals surface area contributed by atoms with Crippen LogP contribution in [0.1, 0.15) is 43.2 Å². The molecule has 5 heteroatoms. The van der Waals surface area contributed by atoms with Crippen molar-refractivity contribution in [2.45, 2.75) is 33.4 Å². The molecule has 16 heavy (non-hydrogen) atoms. The van der Waals surface area contributed by atoms with Gasteiger partial charge >= 0.3 is 6.18 Å². The number of nitrogens with zero attached hydrogens (tertiary/aromatic N) is 1. The van der Waals surface area contributed by atoms with Gasteiger partial charge in [-0.3, -0.25) is 9.78 Å². The van der Waals surface area contributed by atoms with E-state index in [0.717, 1.165) is 18.3 Å². The summed E-state index contributed by atoms with van der Waals surface area (Å²) in [6.07, 6.45) is -2.28. The molecule has 0 aliphatic rings. The molecular formula is C11H14F3NO. The maximum atomic E-state index is 12.0. The molecule has 0 bridgehead atoms. The van der Waals surface area contributed by atoms with Crippen molar-refractivity contribution in [3.63, 3.8) is 0 Å². The first-order chi connectivity index (χ1) is 7.32. The van der Waals surface area contributed by atoms with Crippen molar-refractivity contribution in [1.82, 2.24) is 4.98 Å². The van der Waals surface area contributed by atoms with Crippen LogP contribution in [-0.4, -0.2) is 10.8 Å². The summed E-state index contributed by atoms with van der Waals surface area (Å²) >= 11 is 0. The van der Waals surface area contributed by atoms with Gasteiger partial charge in [-0.1, -0.05) is 20.3 Å². The number of carbonyl (C=O) groups excluding carboxylic acids is 1. The van der Waals surface area contributed by atoms with Gasteiger partial charge in [-0.25, -0.2) is 0 Å². The van der Waals surface area contributed by atoms with Crippen molar-refractivity contribution in [2.75, 3.05) is 0 Å². The standard InChI is InChI=1S/C8H6F3NO.C3H8/c1-5(13)6-2-3-7(12-4-6)8(9,10)11;1-3-2/h2-4H,1H3;3H2,1-2H3. The topological polar surface area (TPSA) is 30.0 Å². The molecule has 1 aromatic rings. The molecule has 0 aliphatic heterocycles. The average molecular weight is 233 g/mol. The SMILES string of the molecule is CC(=O)c1ccc(C(F)(F)F)nc1.CCC. The van der Waals surface area contributed by atoms with Gasteiger partial charge in [0.15, 0.2) is 5.78 Å². The molecule has 0 unspecified atom stereocenters. The maximum Gasteiger partial charge on any atom is 0.433 e. The Morgan fingerprint density at radius 3 is 2.06 bits per heavy atom. The molecule has 1 aromatic heterocycles. The smallest absolute Gasteiger partial charge is 0.294 e. The van der Waals surface area contributed by atoms with Crippen LogP contribution in [0, 0.1) is 0 Å². The zero-order chi connectivity index (χ0) is 12.8. The fourth-order valence-electron chi connectivity index (χ4n) is 0.770. The van der Waals surface area contributed by atoms with Crippen LogP contribution in [-0.2, 0) is 6.18 Å². The zero-order valence-corrected chi connectivity index (χ0v) is 9.43. The first-order valence-corrected chi connectivity index (χ1v) is 4.87. The van der Waals surface area contributed by atoms with E-state index in [9.17, 15) is 18.0 Å². The number of Topliss-reactive ketones (excluding diaryl/α,β-unsaturated/α-hetero) is 1. The van der Waals surface area contributed by atoms with Crippen molar-refractivity contribution in [1.29, 1.82) is 0 Å². The Labute approximate surface area is 92.5 Å². The van der Waals surface area contributed by atoms with E-state index in [0.29, 0.717) is 0 Å². The highest BCUT2D eigenvalue weighted by atomic mass is 19.4. The summed E-state index contributed by atoms with van der Waals surface area (Å²) in [7, 11) is 0. The molecule has 0 aromatic carbocycles. The summed E-state index contributed by atoms with van der Waals surface area (Å²) in [4.78, 5) is 13.8. The number of aromatic nitrogens is 1. The third kappa shape index (κ3) is 4.91. The third-order valence-corrected chi connectivity index (χ3v) is 1.46. The van der Waals surface area contributed by atoms with Crippen molar-refractivity contribution >= 4 is 5.78 Å². The Morgan fingerprint density at radius 1 is 1.31 bits per heavy atom. The normalized spacial score (nSPS) is 10.4. The van der Waals surface area contributed by atoms with Crippen molar-refractivity contribution < 1.29 is 18.0 Å². The Balaban J connectivity index is 0.000000673. The Hall–Kier alpha value is -1.39. The van der Waals surface area contributed by atoms with Gasteiger partial charge < -0.3 is 0 Å². The first-order valence-electron chi connectivity index (χ1n) is 4.87. The number of hydrogen-bond acceptors (Lipinski definition) is 2. The largest absolute Gasteiger partial charge is 0.433 e. The number of alkyl halides is 3. The van der Waals surface area contributed by atoms with Crippen LogP contribution < -0.4 is 0 Å². The Morgan fingerprint density at radius 2 is 1.81 bits per heavy atom. The first kappa shape index (κ1) is 14.6. The predicted molar refractivity (Wildman–Crippen MR) is 55.2 cm³/mol. The highest BCUT2D eigenvalue weighted by Gasteiger charge is 2.32. The van der Waals surface area contributed by atoms with Gasteiger partial charge in [0.25, 0.3) is 0 Å². The van der Waals surface area contributed by atoms with E-state index in [2.05, 4.69) is 18.8 Å². The number of carbonyl (C=O) groups is 1. The number of rotatable bonds is 1. The lowest BCUT2D eigenvalue weighted by molar-refractivity contribution is -0.141. The van der Waals surface area contributed by atoms with Crippen LogP contribution in [0.4, 0.5) is 13.2 Å². The number of ketones is 1. The second-order valence-corrected chi connectivity index (χ2v) is 3.19. The molecule has 0 amide bonds. The lowest BCUT2D eigenvalue weighted by Gasteiger charge is -2.04. The molecule has 0 N–H and O–H groups in total. The van der Waals surface area contributed by atoms with Crippen molar-refractivity contribution in [3.8, 4) is 0 Å². The van der Waals surface area contributed by atoms with Gasteiger partial charge in [-0.05, 0) is 19.1 Å². The summed E-state index contributed by atoms with van der Waals surface area (Å²) in [5.74, 6) is -0.304. The van der Waals surface area contributed by atoms with E-state index < -0.39 is 11.9 Å². The van der Waals surface area contributed by atoms with Gasteiger partial charge in [0.1, 0.15) is 5.69 Å². The van der Waals surface area contributed by atoms with Crippen LogP contribution in [0.3, 0.4) is 0 Å². The summed E-state index contributed by atoms with van der Waals surface area (Å²) in [5, 5.41) is 0. The molecule has 0 spiro atoms. The molecule has 1 rings (SSSR count). The molecule has 0 saturated carbocycles. The molecule has 2 nitrogen and oxygen atoms in total. The average Bonchev–Trinajstić information content (AvgIpc) is 2.18. The number of halogens is 3. The minimum atomic E-state index is -4.45. The van der Waals surface area contributed by atoms with Crippen LogP contribution in [0.5, 0.6) is 0 Å². The van der Waals surface area contributed by atoms with E-state index in [-0.39, 0.29) is 11.3 Å². The fraction of sp³-hybridized carbons (Fsp3) is 0.455. The molecule has 0 radical (unpaired) electrons. The highest BCUT2D eigenvalue weighted by molar-refractivity contribution is 5.93. The van der Waals surface area contributed by atoms with Crippen LogP contribution >= 0.6 is 0 Å². The minimum Gasteiger partial charge on any atom is -0.294 e. The van der Waals surface area contributed by atoms with Gasteiger partial charge in [0.2, 0.25) is 0 Å². The van der Waals surface area contributed by atoms with Crippen LogP contribution in [0.15, 0.2) is 18.3 Å². The quantitative estimate of drug-likeness (QED) is 0.692. The van der Waals surface area contributed by atoms with Gasteiger partial charge in [0.05, 0.1) is 0 Å². The zero-order valence-electron chi connectivity index (χ0n) is 9.43. The highest BCUT2D eigenvalue weighted by Crippen LogP contribution is 2.27. The number of hydrogen-bond donors (Lipinski definition) is 0. The molecule has 0 aliphatic carbocycles. The lowest BCUT2D eigenvalue weighted by atomic mass is 10.2. The minimum absolute atomic E-state index is 0.174. The fourth-order valence-corrected chi connectivity index (χ4v) is 0.770. The molecule has 0 saturated heterocycles. The van der Waals surface area contributed by atoms with E-state index in [1.165, 1.54) is 13.3 Å². The van der Waals surface area contributed by atoms with Gasteiger partial charge in [0, 0.05) is 11.8 Å². The van der Waals surface area contributed by atoms with Crippen molar-refractivity contribution in [2.24, 2.45) is 0 Å². The second-order valence-electron chi connectivity index (χ2n) is 3.19. The van der Waals surface area contributed by atoms with E-state index in [1.54, 1.807) is 0 Å².